The molecule has 9 heteroatoms. The summed E-state index contributed by atoms with van der Waals surface area (Å²) in [4.78, 5) is 24.6. The van der Waals surface area contributed by atoms with E-state index in [1.54, 1.807) is 24.3 Å². The highest BCUT2D eigenvalue weighted by atomic mass is 32.2. The second kappa shape index (κ2) is 10.4. The molecule has 0 aromatic heterocycles. The van der Waals surface area contributed by atoms with Crippen LogP contribution >= 0.6 is 0 Å². The van der Waals surface area contributed by atoms with E-state index in [0.29, 0.717) is 17.1 Å². The van der Waals surface area contributed by atoms with Gasteiger partial charge in [-0.15, -0.1) is 0 Å². The minimum absolute atomic E-state index is 0.0174. The molecule has 0 fully saturated rings. The zero-order chi connectivity index (χ0) is 24.9. The molecule has 0 bridgehead atoms. The molecule has 0 saturated heterocycles. The van der Waals surface area contributed by atoms with Crippen molar-refractivity contribution in [3.63, 3.8) is 0 Å². The van der Waals surface area contributed by atoms with Crippen molar-refractivity contribution in [2.75, 3.05) is 30.4 Å². The third kappa shape index (κ3) is 5.74. The number of rotatable bonds is 8. The van der Waals surface area contributed by atoms with Crippen LogP contribution in [-0.4, -0.2) is 41.1 Å². The summed E-state index contributed by atoms with van der Waals surface area (Å²) in [5, 5.41) is 2.71. The average Bonchev–Trinajstić information content (AvgIpc) is 2.84. The van der Waals surface area contributed by atoms with Crippen LogP contribution in [-0.2, 0) is 19.6 Å². The second-order valence-corrected chi connectivity index (χ2v) is 9.61. The zero-order valence-electron chi connectivity index (χ0n) is 19.4. The van der Waals surface area contributed by atoms with Crippen molar-refractivity contribution in [1.82, 2.24) is 0 Å². The molecule has 1 N–H and O–H groups in total. The third-order valence-electron chi connectivity index (χ3n) is 5.17. The number of hydrogen-bond acceptors (Lipinski definition) is 6. The highest BCUT2D eigenvalue weighted by molar-refractivity contribution is 7.92. The molecule has 0 aliphatic heterocycles. The van der Waals surface area contributed by atoms with E-state index in [2.05, 4.69) is 5.32 Å². The van der Waals surface area contributed by atoms with Gasteiger partial charge in [0.1, 0.15) is 5.75 Å². The number of amides is 1. The lowest BCUT2D eigenvalue weighted by atomic mass is 10.1. The largest absolute Gasteiger partial charge is 0.497 e. The summed E-state index contributed by atoms with van der Waals surface area (Å²) < 4.78 is 37.4. The monoisotopic (exact) mass is 482 g/mol. The lowest BCUT2D eigenvalue weighted by Gasteiger charge is -2.20. The maximum atomic E-state index is 13.1. The molecule has 3 rings (SSSR count). The average molecular weight is 483 g/mol. The quantitative estimate of drug-likeness (QED) is 0.488. The first-order valence-electron chi connectivity index (χ1n) is 10.4. The van der Waals surface area contributed by atoms with Crippen LogP contribution in [0.25, 0.3) is 0 Å². The van der Waals surface area contributed by atoms with Crippen molar-refractivity contribution in [1.29, 1.82) is 0 Å². The van der Waals surface area contributed by atoms with Gasteiger partial charge in [-0.3, -0.25) is 9.10 Å². The Morgan fingerprint density at radius 1 is 0.971 bits per heavy atom. The topological polar surface area (TPSA) is 102 Å². The zero-order valence-corrected chi connectivity index (χ0v) is 20.2. The molecule has 1 amide bonds. The van der Waals surface area contributed by atoms with Crippen LogP contribution in [0.1, 0.15) is 21.5 Å². The Kier molecular flexibility index (Phi) is 7.57. The van der Waals surface area contributed by atoms with Crippen LogP contribution in [0.15, 0.2) is 71.6 Å². The van der Waals surface area contributed by atoms with Crippen molar-refractivity contribution in [3.8, 4) is 5.75 Å². The smallest absolute Gasteiger partial charge is 0.338 e. The summed E-state index contributed by atoms with van der Waals surface area (Å²) in [6.07, 6.45) is 0. The number of aryl methyl sites for hydroxylation is 2. The van der Waals surface area contributed by atoms with E-state index >= 15 is 0 Å². The Morgan fingerprint density at radius 2 is 1.68 bits per heavy atom. The lowest BCUT2D eigenvalue weighted by Crippen LogP contribution is -2.27. The number of carbonyl (C=O) groups is 2. The van der Waals surface area contributed by atoms with E-state index in [4.69, 9.17) is 9.47 Å². The Labute approximate surface area is 199 Å². The van der Waals surface area contributed by atoms with E-state index in [1.807, 2.05) is 32.0 Å². The van der Waals surface area contributed by atoms with E-state index < -0.39 is 28.5 Å². The number of nitrogens with zero attached hydrogens (tertiary/aromatic N) is 1. The number of carbonyl (C=O) groups excluding carboxylic acids is 2. The predicted molar refractivity (Wildman–Crippen MR) is 130 cm³/mol. The molecule has 0 aliphatic carbocycles. The van der Waals surface area contributed by atoms with Crippen LogP contribution in [0.3, 0.4) is 0 Å². The van der Waals surface area contributed by atoms with Gasteiger partial charge in [0.2, 0.25) is 0 Å². The molecule has 0 radical (unpaired) electrons. The predicted octanol–water partition coefficient (Wildman–Crippen LogP) is 3.93. The minimum Gasteiger partial charge on any atom is -0.497 e. The van der Waals surface area contributed by atoms with Gasteiger partial charge in [-0.05, 0) is 73.5 Å². The molecular weight excluding hydrogens is 456 g/mol. The molecule has 3 aromatic rings. The van der Waals surface area contributed by atoms with Gasteiger partial charge >= 0.3 is 5.97 Å². The van der Waals surface area contributed by atoms with Crippen molar-refractivity contribution >= 4 is 33.3 Å². The fourth-order valence-electron chi connectivity index (χ4n) is 3.14. The summed E-state index contributed by atoms with van der Waals surface area (Å²) in [5.41, 5.74) is 2.94. The first-order chi connectivity index (χ1) is 16.1. The highest BCUT2D eigenvalue weighted by Gasteiger charge is 2.23. The van der Waals surface area contributed by atoms with Crippen LogP contribution in [0.4, 0.5) is 11.4 Å². The highest BCUT2D eigenvalue weighted by Crippen LogP contribution is 2.25. The van der Waals surface area contributed by atoms with Crippen molar-refractivity contribution in [3.05, 3.63) is 83.4 Å². The SMILES string of the molecule is COc1ccc(N(C)S(=O)(=O)c2cccc(C(=O)OCC(=O)Nc3cc(C)ccc3C)c2)cc1. The molecule has 0 atom stereocenters. The number of methoxy groups -OCH3 is 1. The van der Waals surface area contributed by atoms with E-state index in [9.17, 15) is 18.0 Å². The summed E-state index contributed by atoms with van der Waals surface area (Å²) in [6, 6.07) is 17.6. The second-order valence-electron chi connectivity index (χ2n) is 7.64. The number of benzene rings is 3. The Balaban J connectivity index is 1.69. The van der Waals surface area contributed by atoms with Gasteiger partial charge in [-0.25, -0.2) is 13.2 Å². The fourth-order valence-corrected chi connectivity index (χ4v) is 4.39. The van der Waals surface area contributed by atoms with Crippen LogP contribution in [0, 0.1) is 13.8 Å². The van der Waals surface area contributed by atoms with Crippen LogP contribution in [0.2, 0.25) is 0 Å². The Hall–Kier alpha value is -3.85. The first kappa shape index (κ1) is 24.8. The molecule has 8 nitrogen and oxygen atoms in total. The van der Waals surface area contributed by atoms with E-state index in [1.165, 1.54) is 38.4 Å². The van der Waals surface area contributed by atoms with Gasteiger partial charge in [-0.2, -0.15) is 0 Å². The van der Waals surface area contributed by atoms with Gasteiger partial charge in [0.05, 0.1) is 23.3 Å². The minimum atomic E-state index is -3.94. The molecule has 0 unspecified atom stereocenters. The molecule has 178 valence electrons. The number of nitrogens with one attached hydrogen (secondary N) is 1. The maximum absolute atomic E-state index is 13.1. The fraction of sp³-hybridized carbons (Fsp3) is 0.200. The van der Waals surface area contributed by atoms with Gasteiger partial charge in [-0.1, -0.05) is 18.2 Å². The molecule has 0 aliphatic rings. The van der Waals surface area contributed by atoms with Crippen molar-refractivity contribution in [2.24, 2.45) is 0 Å². The summed E-state index contributed by atoms with van der Waals surface area (Å²) in [6.45, 7) is 3.26. The van der Waals surface area contributed by atoms with Crippen molar-refractivity contribution < 1.29 is 27.5 Å². The molecular formula is C25H26N2O6S. The third-order valence-corrected chi connectivity index (χ3v) is 6.95. The summed E-state index contributed by atoms with van der Waals surface area (Å²) in [5.74, 6) is -0.703. The number of sulfonamides is 1. The maximum Gasteiger partial charge on any atom is 0.338 e. The summed E-state index contributed by atoms with van der Waals surface area (Å²) in [7, 11) is -1.01. The first-order valence-corrected chi connectivity index (χ1v) is 11.8. The number of ether oxygens (including phenoxy) is 2. The van der Waals surface area contributed by atoms with Gasteiger partial charge in [0.25, 0.3) is 15.9 Å². The standard InChI is InChI=1S/C25H26N2O6S/c1-17-8-9-18(2)23(14-17)26-24(28)16-33-25(29)19-6-5-7-22(15-19)34(30,31)27(3)20-10-12-21(32-4)13-11-20/h5-15H,16H2,1-4H3,(H,26,28). The van der Waals surface area contributed by atoms with Gasteiger partial charge in [0, 0.05) is 12.7 Å². The van der Waals surface area contributed by atoms with Crippen LogP contribution < -0.4 is 14.4 Å². The Bertz CT molecular complexity index is 1300. The van der Waals surface area contributed by atoms with E-state index in [0.717, 1.165) is 15.4 Å². The summed E-state index contributed by atoms with van der Waals surface area (Å²) >= 11 is 0. The van der Waals surface area contributed by atoms with Gasteiger partial charge < -0.3 is 14.8 Å². The van der Waals surface area contributed by atoms with Crippen LogP contribution in [0.5, 0.6) is 5.75 Å². The normalized spacial score (nSPS) is 10.9. The molecule has 0 saturated carbocycles. The molecule has 34 heavy (non-hydrogen) atoms. The van der Waals surface area contributed by atoms with Crippen molar-refractivity contribution in [2.45, 2.75) is 18.7 Å². The number of anilines is 2. The number of hydrogen-bond donors (Lipinski definition) is 1. The number of esters is 1. The van der Waals surface area contributed by atoms with Gasteiger partial charge in [0.15, 0.2) is 6.61 Å². The molecule has 0 spiro atoms. The lowest BCUT2D eigenvalue weighted by molar-refractivity contribution is -0.119. The van der Waals surface area contributed by atoms with E-state index in [-0.39, 0.29) is 10.5 Å². The Morgan fingerprint density at radius 3 is 2.35 bits per heavy atom. The molecule has 3 aromatic carbocycles. The molecule has 0 heterocycles.